The van der Waals surface area contributed by atoms with Gasteiger partial charge in [-0.15, -0.1) is 0 Å². The van der Waals surface area contributed by atoms with Crippen LogP contribution in [0, 0.1) is 0 Å². The van der Waals surface area contributed by atoms with E-state index < -0.39 is 0 Å². The second-order valence-electron chi connectivity index (χ2n) is 5.45. The minimum Gasteiger partial charge on any atom is -0.355 e. The maximum Gasteiger partial charge on any atom is 0.191 e. The van der Waals surface area contributed by atoms with Crippen molar-refractivity contribution in [1.29, 1.82) is 0 Å². The summed E-state index contributed by atoms with van der Waals surface area (Å²) in [5.74, 6) is 0.962. The lowest BCUT2D eigenvalue weighted by atomic mass is 10.2. The zero-order valence-corrected chi connectivity index (χ0v) is 14.4. The summed E-state index contributed by atoms with van der Waals surface area (Å²) in [6, 6.07) is 0.594. The Balaban J connectivity index is 2.23. The van der Waals surface area contributed by atoms with E-state index in [2.05, 4.69) is 40.6 Å². The number of nitrogens with one attached hydrogen (secondary N) is 2. The highest BCUT2D eigenvalue weighted by Crippen LogP contribution is 2.27. The molecule has 1 saturated carbocycles. The fraction of sp³-hybridized carbons (Fsp3) is 0.933. The molecule has 2 unspecified atom stereocenters. The van der Waals surface area contributed by atoms with Gasteiger partial charge in [-0.05, 0) is 45.0 Å². The van der Waals surface area contributed by atoms with Crippen molar-refractivity contribution in [2.75, 3.05) is 39.5 Å². The van der Waals surface area contributed by atoms with Gasteiger partial charge in [-0.1, -0.05) is 13.8 Å². The van der Waals surface area contributed by atoms with Gasteiger partial charge < -0.3 is 15.5 Å². The van der Waals surface area contributed by atoms with Crippen molar-refractivity contribution in [3.63, 3.8) is 0 Å². The van der Waals surface area contributed by atoms with Gasteiger partial charge in [-0.2, -0.15) is 11.8 Å². The maximum atomic E-state index is 4.34. The van der Waals surface area contributed by atoms with E-state index in [0.717, 1.165) is 30.8 Å². The molecule has 118 valence electrons. The monoisotopic (exact) mass is 300 g/mol. The Morgan fingerprint density at radius 1 is 1.30 bits per heavy atom. The van der Waals surface area contributed by atoms with Crippen LogP contribution in [0.1, 0.15) is 39.5 Å². The van der Waals surface area contributed by atoms with Gasteiger partial charge in [0.1, 0.15) is 0 Å². The van der Waals surface area contributed by atoms with Crippen LogP contribution in [-0.2, 0) is 0 Å². The van der Waals surface area contributed by atoms with Crippen molar-refractivity contribution in [2.24, 2.45) is 4.99 Å². The fourth-order valence-electron chi connectivity index (χ4n) is 2.75. The van der Waals surface area contributed by atoms with E-state index in [0.29, 0.717) is 6.04 Å². The lowest BCUT2D eigenvalue weighted by molar-refractivity contribution is 0.292. The molecule has 2 N–H and O–H groups in total. The van der Waals surface area contributed by atoms with Gasteiger partial charge in [-0.25, -0.2) is 0 Å². The molecular weight excluding hydrogens is 268 g/mol. The van der Waals surface area contributed by atoms with Crippen LogP contribution in [0.2, 0.25) is 0 Å². The molecule has 1 aliphatic rings. The molecule has 2 atom stereocenters. The zero-order valence-electron chi connectivity index (χ0n) is 13.6. The van der Waals surface area contributed by atoms with E-state index in [9.17, 15) is 0 Å². The average Bonchev–Trinajstić information content (AvgIpc) is 2.92. The lowest BCUT2D eigenvalue weighted by Crippen LogP contribution is -2.45. The molecule has 0 radical (unpaired) electrons. The predicted molar refractivity (Wildman–Crippen MR) is 91.8 cm³/mol. The summed E-state index contributed by atoms with van der Waals surface area (Å²) in [6.45, 7) is 8.82. The molecule has 0 heterocycles. The normalized spacial score (nSPS) is 23.4. The smallest absolute Gasteiger partial charge is 0.191 e. The van der Waals surface area contributed by atoms with Gasteiger partial charge in [0.2, 0.25) is 0 Å². The van der Waals surface area contributed by atoms with Gasteiger partial charge in [-0.3, -0.25) is 4.99 Å². The molecule has 0 aromatic heterocycles. The number of nitrogens with zero attached hydrogens (tertiary/aromatic N) is 2. The van der Waals surface area contributed by atoms with Gasteiger partial charge in [0, 0.05) is 31.4 Å². The Morgan fingerprint density at radius 2 is 2.10 bits per heavy atom. The molecule has 0 saturated heterocycles. The van der Waals surface area contributed by atoms with Crippen LogP contribution in [0.5, 0.6) is 0 Å². The molecule has 0 aromatic rings. The fourth-order valence-corrected chi connectivity index (χ4v) is 3.55. The van der Waals surface area contributed by atoms with Crippen LogP contribution >= 0.6 is 11.8 Å². The molecule has 1 fully saturated rings. The SMILES string of the molecule is CCCN(CC)CCNC(=NC)NC1CCC(SC)C1. The molecule has 0 bridgehead atoms. The van der Waals surface area contributed by atoms with Crippen molar-refractivity contribution in [3.05, 3.63) is 0 Å². The third kappa shape index (κ3) is 6.35. The summed E-state index contributed by atoms with van der Waals surface area (Å²) in [6.07, 6.45) is 7.30. The first-order chi connectivity index (χ1) is 9.73. The Bertz CT molecular complexity index is 283. The largest absolute Gasteiger partial charge is 0.355 e. The van der Waals surface area contributed by atoms with Crippen molar-refractivity contribution >= 4 is 17.7 Å². The Kier molecular flexibility index (Phi) is 9.10. The van der Waals surface area contributed by atoms with Crippen LogP contribution < -0.4 is 10.6 Å². The Hall–Kier alpha value is -0.420. The van der Waals surface area contributed by atoms with E-state index in [1.807, 2.05) is 18.8 Å². The quantitative estimate of drug-likeness (QED) is 0.532. The topological polar surface area (TPSA) is 39.7 Å². The standard InChI is InChI=1S/C15H32N4S/c1-5-10-19(6-2)11-9-17-15(16-3)18-13-7-8-14(12-13)20-4/h13-14H,5-12H2,1-4H3,(H2,16,17,18). The minimum atomic E-state index is 0.594. The van der Waals surface area contributed by atoms with E-state index >= 15 is 0 Å². The zero-order chi connectivity index (χ0) is 14.8. The first-order valence-electron chi connectivity index (χ1n) is 7.95. The number of thioether (sulfide) groups is 1. The molecule has 0 amide bonds. The minimum absolute atomic E-state index is 0.594. The summed E-state index contributed by atoms with van der Waals surface area (Å²) in [5, 5.41) is 7.83. The second-order valence-corrected chi connectivity index (χ2v) is 6.58. The number of hydrogen-bond donors (Lipinski definition) is 2. The number of guanidine groups is 1. The summed E-state index contributed by atoms with van der Waals surface area (Å²) in [7, 11) is 1.86. The molecule has 0 aliphatic heterocycles. The summed E-state index contributed by atoms with van der Waals surface area (Å²) >= 11 is 1.99. The summed E-state index contributed by atoms with van der Waals surface area (Å²) in [4.78, 5) is 6.81. The Labute approximate surface area is 129 Å². The molecule has 1 aliphatic carbocycles. The van der Waals surface area contributed by atoms with Crippen molar-refractivity contribution in [2.45, 2.75) is 50.8 Å². The van der Waals surface area contributed by atoms with Gasteiger partial charge in [0.25, 0.3) is 0 Å². The second kappa shape index (κ2) is 10.3. The van der Waals surface area contributed by atoms with Gasteiger partial charge in [0.15, 0.2) is 5.96 Å². The van der Waals surface area contributed by atoms with Crippen LogP contribution in [0.3, 0.4) is 0 Å². The van der Waals surface area contributed by atoms with Crippen molar-refractivity contribution in [1.82, 2.24) is 15.5 Å². The number of likely N-dealkylation sites (N-methyl/N-ethyl adjacent to an activating group) is 1. The van der Waals surface area contributed by atoms with E-state index in [1.165, 1.54) is 32.2 Å². The van der Waals surface area contributed by atoms with Crippen LogP contribution in [0.15, 0.2) is 4.99 Å². The molecule has 4 nitrogen and oxygen atoms in total. The van der Waals surface area contributed by atoms with Crippen LogP contribution in [0.4, 0.5) is 0 Å². The number of aliphatic imine (C=N–C) groups is 1. The van der Waals surface area contributed by atoms with Gasteiger partial charge in [0.05, 0.1) is 0 Å². The summed E-state index contributed by atoms with van der Waals surface area (Å²) < 4.78 is 0. The van der Waals surface area contributed by atoms with E-state index in [1.54, 1.807) is 0 Å². The molecule has 1 rings (SSSR count). The Morgan fingerprint density at radius 3 is 2.65 bits per heavy atom. The summed E-state index contributed by atoms with van der Waals surface area (Å²) in [5.41, 5.74) is 0. The molecule has 20 heavy (non-hydrogen) atoms. The number of hydrogen-bond acceptors (Lipinski definition) is 3. The molecule has 5 heteroatoms. The molecular formula is C15H32N4S. The van der Waals surface area contributed by atoms with Crippen LogP contribution in [0.25, 0.3) is 0 Å². The first-order valence-corrected chi connectivity index (χ1v) is 9.24. The highest BCUT2D eigenvalue weighted by molar-refractivity contribution is 7.99. The third-order valence-electron chi connectivity index (χ3n) is 3.99. The third-order valence-corrected chi connectivity index (χ3v) is 5.08. The number of rotatable bonds is 8. The first kappa shape index (κ1) is 17.6. The van der Waals surface area contributed by atoms with Crippen LogP contribution in [-0.4, -0.2) is 61.6 Å². The van der Waals surface area contributed by atoms with Crippen molar-refractivity contribution in [3.8, 4) is 0 Å². The maximum absolute atomic E-state index is 4.34. The highest BCUT2D eigenvalue weighted by Gasteiger charge is 2.24. The predicted octanol–water partition coefficient (Wildman–Crippen LogP) is 2.17. The van der Waals surface area contributed by atoms with E-state index in [4.69, 9.17) is 0 Å². The lowest BCUT2D eigenvalue weighted by Gasteiger charge is -2.21. The average molecular weight is 301 g/mol. The molecule has 0 spiro atoms. The van der Waals surface area contributed by atoms with Crippen molar-refractivity contribution < 1.29 is 0 Å². The molecule has 0 aromatic carbocycles. The van der Waals surface area contributed by atoms with Gasteiger partial charge >= 0.3 is 0 Å². The highest BCUT2D eigenvalue weighted by atomic mass is 32.2. The van der Waals surface area contributed by atoms with E-state index in [-0.39, 0.29) is 0 Å².